The van der Waals surface area contributed by atoms with E-state index in [2.05, 4.69) is 22.6 Å². The Labute approximate surface area is 93.6 Å². The predicted molar refractivity (Wildman–Crippen MR) is 64.2 cm³/mol. The quantitative estimate of drug-likeness (QED) is 0.708. The Morgan fingerprint density at radius 3 is 2.60 bits per heavy atom. The van der Waals surface area contributed by atoms with Gasteiger partial charge in [-0.2, -0.15) is 0 Å². The summed E-state index contributed by atoms with van der Waals surface area (Å²) < 4.78 is 0. The molecule has 3 heteroatoms. The predicted octanol–water partition coefficient (Wildman–Crippen LogP) is 0.812. The van der Waals surface area contributed by atoms with Gasteiger partial charge >= 0.3 is 0 Å². The Balaban J connectivity index is 1.78. The Kier molecular flexibility index (Phi) is 4.42. The summed E-state index contributed by atoms with van der Waals surface area (Å²) >= 11 is 0. The van der Waals surface area contributed by atoms with Crippen molar-refractivity contribution in [2.75, 3.05) is 33.2 Å². The smallest absolute Gasteiger partial charge is 0.0110 e. The summed E-state index contributed by atoms with van der Waals surface area (Å²) in [6, 6.07) is 1.65. The second kappa shape index (κ2) is 5.83. The van der Waals surface area contributed by atoms with E-state index in [0.717, 1.165) is 12.1 Å². The maximum absolute atomic E-state index is 3.48. The molecule has 1 aliphatic heterocycles. The first-order valence-electron chi connectivity index (χ1n) is 6.52. The largest absolute Gasteiger partial charge is 0.317 e. The Bertz CT molecular complexity index is 168. The molecule has 0 aromatic carbocycles. The zero-order valence-corrected chi connectivity index (χ0v) is 9.97. The summed E-state index contributed by atoms with van der Waals surface area (Å²) in [4.78, 5) is 2.71. The van der Waals surface area contributed by atoms with Crippen LogP contribution in [0.15, 0.2) is 0 Å². The fourth-order valence-electron chi connectivity index (χ4n) is 2.96. The number of rotatable bonds is 2. The molecular formula is C12H25N3. The van der Waals surface area contributed by atoms with E-state index in [1.54, 1.807) is 0 Å². The molecule has 88 valence electrons. The van der Waals surface area contributed by atoms with Gasteiger partial charge in [0.15, 0.2) is 0 Å². The molecule has 2 N–H and O–H groups in total. The van der Waals surface area contributed by atoms with Crippen LogP contribution in [0.5, 0.6) is 0 Å². The van der Waals surface area contributed by atoms with Crippen LogP contribution in [0.2, 0.25) is 0 Å². The molecule has 0 spiro atoms. The van der Waals surface area contributed by atoms with E-state index < -0.39 is 0 Å². The Morgan fingerprint density at radius 1 is 1.07 bits per heavy atom. The lowest BCUT2D eigenvalue weighted by molar-refractivity contribution is 0.153. The summed E-state index contributed by atoms with van der Waals surface area (Å²) in [5.74, 6) is 0. The maximum Gasteiger partial charge on any atom is 0.0110 e. The molecule has 0 unspecified atom stereocenters. The fourth-order valence-corrected chi connectivity index (χ4v) is 2.96. The SMILES string of the molecule is CNC1CCC(N2CCCNCC2)CC1. The minimum Gasteiger partial charge on any atom is -0.317 e. The molecule has 1 heterocycles. The molecule has 2 rings (SSSR count). The normalized spacial score (nSPS) is 35.0. The van der Waals surface area contributed by atoms with Crippen molar-refractivity contribution < 1.29 is 0 Å². The van der Waals surface area contributed by atoms with Gasteiger partial charge in [-0.05, 0) is 52.2 Å². The molecule has 15 heavy (non-hydrogen) atoms. The molecule has 0 aromatic heterocycles. The van der Waals surface area contributed by atoms with Gasteiger partial charge in [0, 0.05) is 25.2 Å². The summed E-state index contributed by atoms with van der Waals surface area (Å²) in [5.41, 5.74) is 0. The lowest BCUT2D eigenvalue weighted by Crippen LogP contribution is -2.43. The van der Waals surface area contributed by atoms with Gasteiger partial charge in [-0.25, -0.2) is 0 Å². The van der Waals surface area contributed by atoms with Gasteiger partial charge < -0.3 is 10.6 Å². The second-order valence-electron chi connectivity index (χ2n) is 4.93. The third-order valence-electron chi connectivity index (χ3n) is 4.00. The van der Waals surface area contributed by atoms with E-state index >= 15 is 0 Å². The third kappa shape index (κ3) is 3.16. The monoisotopic (exact) mass is 211 g/mol. The van der Waals surface area contributed by atoms with Crippen LogP contribution >= 0.6 is 0 Å². The lowest BCUT2D eigenvalue weighted by Gasteiger charge is -2.36. The number of nitrogens with one attached hydrogen (secondary N) is 2. The summed E-state index contributed by atoms with van der Waals surface area (Å²) in [5, 5.41) is 6.89. The highest BCUT2D eigenvalue weighted by Gasteiger charge is 2.25. The van der Waals surface area contributed by atoms with Gasteiger partial charge in [0.1, 0.15) is 0 Å². The number of hydrogen-bond acceptors (Lipinski definition) is 3. The Hall–Kier alpha value is -0.120. The fraction of sp³-hybridized carbons (Fsp3) is 1.00. The standard InChI is InChI=1S/C12H25N3/c1-13-11-3-5-12(6-4-11)15-9-2-7-14-8-10-15/h11-14H,2-10H2,1H3. The van der Waals surface area contributed by atoms with E-state index in [4.69, 9.17) is 0 Å². The molecule has 2 aliphatic rings. The highest BCUT2D eigenvalue weighted by atomic mass is 15.2. The van der Waals surface area contributed by atoms with Crippen LogP contribution in [0.4, 0.5) is 0 Å². The van der Waals surface area contributed by atoms with Crippen molar-refractivity contribution in [3.05, 3.63) is 0 Å². The van der Waals surface area contributed by atoms with Gasteiger partial charge in [0.05, 0.1) is 0 Å². The van der Waals surface area contributed by atoms with Gasteiger partial charge in [-0.1, -0.05) is 0 Å². The zero-order valence-electron chi connectivity index (χ0n) is 9.97. The van der Waals surface area contributed by atoms with E-state index in [9.17, 15) is 0 Å². The molecule has 2 fully saturated rings. The number of hydrogen-bond donors (Lipinski definition) is 2. The topological polar surface area (TPSA) is 27.3 Å². The molecule has 1 saturated heterocycles. The highest BCUT2D eigenvalue weighted by Crippen LogP contribution is 2.23. The van der Waals surface area contributed by atoms with Crippen molar-refractivity contribution in [2.45, 2.75) is 44.2 Å². The molecule has 3 nitrogen and oxygen atoms in total. The van der Waals surface area contributed by atoms with Crippen LogP contribution in [0.25, 0.3) is 0 Å². The molecular weight excluding hydrogens is 186 g/mol. The van der Waals surface area contributed by atoms with Crippen molar-refractivity contribution in [3.63, 3.8) is 0 Å². The van der Waals surface area contributed by atoms with Crippen LogP contribution < -0.4 is 10.6 Å². The first-order chi connectivity index (χ1) is 7.40. The van der Waals surface area contributed by atoms with E-state index in [-0.39, 0.29) is 0 Å². The van der Waals surface area contributed by atoms with Gasteiger partial charge in [0.2, 0.25) is 0 Å². The van der Waals surface area contributed by atoms with Crippen LogP contribution in [0, 0.1) is 0 Å². The second-order valence-corrected chi connectivity index (χ2v) is 4.93. The molecule has 0 aromatic rings. The first-order valence-corrected chi connectivity index (χ1v) is 6.52. The van der Waals surface area contributed by atoms with Crippen molar-refractivity contribution >= 4 is 0 Å². The molecule has 1 saturated carbocycles. The molecule has 0 bridgehead atoms. The van der Waals surface area contributed by atoms with Gasteiger partial charge in [-0.3, -0.25) is 4.90 Å². The Morgan fingerprint density at radius 2 is 1.87 bits per heavy atom. The van der Waals surface area contributed by atoms with Gasteiger partial charge in [0.25, 0.3) is 0 Å². The molecule has 1 aliphatic carbocycles. The maximum atomic E-state index is 3.48. The van der Waals surface area contributed by atoms with Crippen molar-refractivity contribution in [1.29, 1.82) is 0 Å². The summed E-state index contributed by atoms with van der Waals surface area (Å²) in [7, 11) is 2.10. The van der Waals surface area contributed by atoms with Crippen molar-refractivity contribution in [3.8, 4) is 0 Å². The minimum atomic E-state index is 0.784. The summed E-state index contributed by atoms with van der Waals surface area (Å²) in [6.07, 6.45) is 6.85. The number of nitrogens with zero attached hydrogens (tertiary/aromatic N) is 1. The summed E-state index contributed by atoms with van der Waals surface area (Å²) in [6.45, 7) is 4.96. The molecule has 0 amide bonds. The van der Waals surface area contributed by atoms with E-state index in [1.165, 1.54) is 58.3 Å². The van der Waals surface area contributed by atoms with Crippen molar-refractivity contribution in [1.82, 2.24) is 15.5 Å². The molecule has 0 radical (unpaired) electrons. The highest BCUT2D eigenvalue weighted by molar-refractivity contribution is 4.83. The van der Waals surface area contributed by atoms with Crippen LogP contribution in [-0.4, -0.2) is 50.2 Å². The zero-order chi connectivity index (χ0) is 10.5. The molecule has 0 atom stereocenters. The van der Waals surface area contributed by atoms with Gasteiger partial charge in [-0.15, -0.1) is 0 Å². The van der Waals surface area contributed by atoms with Crippen LogP contribution in [0.1, 0.15) is 32.1 Å². The van der Waals surface area contributed by atoms with E-state index in [0.29, 0.717) is 0 Å². The first kappa shape index (κ1) is 11.4. The van der Waals surface area contributed by atoms with Crippen LogP contribution in [-0.2, 0) is 0 Å². The minimum absolute atomic E-state index is 0.784. The lowest BCUT2D eigenvalue weighted by atomic mass is 9.90. The average Bonchev–Trinajstić information content (AvgIpc) is 2.58. The third-order valence-corrected chi connectivity index (χ3v) is 4.00. The van der Waals surface area contributed by atoms with E-state index in [1.807, 2.05) is 0 Å². The van der Waals surface area contributed by atoms with Crippen molar-refractivity contribution in [2.24, 2.45) is 0 Å². The average molecular weight is 211 g/mol. The van der Waals surface area contributed by atoms with Crippen LogP contribution in [0.3, 0.4) is 0 Å².